The van der Waals surface area contributed by atoms with Crippen LogP contribution in [0.2, 0.25) is 0 Å². The van der Waals surface area contributed by atoms with E-state index < -0.39 is 6.04 Å². The number of hydrogen-bond acceptors (Lipinski definition) is 3. The zero-order chi connectivity index (χ0) is 13.0. The minimum absolute atomic E-state index is 0.121. The molecular formula is C13H18N4O. The summed E-state index contributed by atoms with van der Waals surface area (Å²) in [5.41, 5.74) is 5.70. The van der Waals surface area contributed by atoms with E-state index >= 15 is 0 Å². The van der Waals surface area contributed by atoms with E-state index in [2.05, 4.69) is 16.2 Å². The standard InChI is InChI=1S/C13H18N4O/c1-2-4-10(14)13(18)16-11-5-3-6-12(11)17-8-7-15-9-17/h1,7-12H,3-6,14H2,(H,16,18). The van der Waals surface area contributed by atoms with E-state index in [1.807, 2.05) is 10.8 Å². The van der Waals surface area contributed by atoms with Crippen molar-refractivity contribution in [2.75, 3.05) is 0 Å². The molecule has 18 heavy (non-hydrogen) atoms. The van der Waals surface area contributed by atoms with E-state index in [0.29, 0.717) is 0 Å². The molecule has 2 rings (SSSR count). The smallest absolute Gasteiger partial charge is 0.238 e. The molecule has 1 aliphatic rings. The van der Waals surface area contributed by atoms with Gasteiger partial charge in [-0.15, -0.1) is 12.3 Å². The summed E-state index contributed by atoms with van der Waals surface area (Å²) in [6.07, 6.45) is 14.0. The van der Waals surface area contributed by atoms with Gasteiger partial charge in [0.15, 0.2) is 0 Å². The lowest BCUT2D eigenvalue weighted by molar-refractivity contribution is -0.123. The molecule has 1 aliphatic carbocycles. The molecule has 1 heterocycles. The van der Waals surface area contributed by atoms with Crippen LogP contribution in [0.4, 0.5) is 0 Å². The van der Waals surface area contributed by atoms with Gasteiger partial charge in [0.25, 0.3) is 0 Å². The van der Waals surface area contributed by atoms with Crippen LogP contribution in [0, 0.1) is 12.3 Å². The normalized spacial score (nSPS) is 24.4. The molecule has 0 radical (unpaired) electrons. The van der Waals surface area contributed by atoms with E-state index in [4.69, 9.17) is 12.2 Å². The number of terminal acetylenes is 1. The van der Waals surface area contributed by atoms with Crippen molar-refractivity contribution in [1.29, 1.82) is 0 Å². The van der Waals surface area contributed by atoms with Gasteiger partial charge in [0.1, 0.15) is 0 Å². The van der Waals surface area contributed by atoms with Gasteiger partial charge in [0, 0.05) is 24.9 Å². The first-order chi connectivity index (χ1) is 8.72. The highest BCUT2D eigenvalue weighted by Gasteiger charge is 2.30. The van der Waals surface area contributed by atoms with Gasteiger partial charge in [0.2, 0.25) is 5.91 Å². The summed E-state index contributed by atoms with van der Waals surface area (Å²) in [5.74, 6) is 2.25. The highest BCUT2D eigenvalue weighted by atomic mass is 16.2. The fraction of sp³-hybridized carbons (Fsp3) is 0.538. The maximum Gasteiger partial charge on any atom is 0.238 e. The number of amides is 1. The van der Waals surface area contributed by atoms with Gasteiger partial charge in [-0.25, -0.2) is 4.98 Å². The molecule has 0 saturated heterocycles. The summed E-state index contributed by atoms with van der Waals surface area (Å²) < 4.78 is 2.05. The van der Waals surface area contributed by atoms with Crippen LogP contribution in [0.1, 0.15) is 31.7 Å². The van der Waals surface area contributed by atoms with Crippen LogP contribution < -0.4 is 11.1 Å². The van der Waals surface area contributed by atoms with Crippen molar-refractivity contribution in [3.8, 4) is 12.3 Å². The fourth-order valence-electron chi connectivity index (χ4n) is 2.44. The van der Waals surface area contributed by atoms with Crippen LogP contribution in [0.15, 0.2) is 18.7 Å². The summed E-state index contributed by atoms with van der Waals surface area (Å²) in [6, 6.07) is -0.218. The Morgan fingerprint density at radius 1 is 1.67 bits per heavy atom. The topological polar surface area (TPSA) is 72.9 Å². The van der Waals surface area contributed by atoms with Gasteiger partial charge in [-0.05, 0) is 19.3 Å². The monoisotopic (exact) mass is 246 g/mol. The molecular weight excluding hydrogens is 228 g/mol. The predicted molar refractivity (Wildman–Crippen MR) is 68.5 cm³/mol. The largest absolute Gasteiger partial charge is 0.350 e. The molecule has 0 spiro atoms. The zero-order valence-corrected chi connectivity index (χ0v) is 10.2. The molecule has 1 fully saturated rings. The molecule has 0 aromatic carbocycles. The van der Waals surface area contributed by atoms with Crippen LogP contribution in [0.3, 0.4) is 0 Å². The van der Waals surface area contributed by atoms with Crippen LogP contribution in [-0.2, 0) is 4.79 Å². The Kier molecular flexibility index (Phi) is 4.00. The van der Waals surface area contributed by atoms with E-state index in [9.17, 15) is 4.79 Å². The Labute approximate surface area is 107 Å². The number of hydrogen-bond donors (Lipinski definition) is 2. The van der Waals surface area contributed by atoms with Crippen molar-refractivity contribution < 1.29 is 4.79 Å². The first-order valence-electron chi connectivity index (χ1n) is 6.19. The second-order valence-electron chi connectivity index (χ2n) is 4.64. The van der Waals surface area contributed by atoms with Crippen LogP contribution in [-0.4, -0.2) is 27.5 Å². The number of nitrogens with two attached hydrogens (primary N) is 1. The second-order valence-corrected chi connectivity index (χ2v) is 4.64. The van der Waals surface area contributed by atoms with Gasteiger partial charge in [0.05, 0.1) is 18.4 Å². The average molecular weight is 246 g/mol. The van der Waals surface area contributed by atoms with Crippen molar-refractivity contribution in [2.45, 2.75) is 43.8 Å². The summed E-state index contributed by atoms with van der Waals surface area (Å²) in [5, 5.41) is 2.99. The van der Waals surface area contributed by atoms with Crippen LogP contribution in [0.5, 0.6) is 0 Å². The van der Waals surface area contributed by atoms with Crippen molar-refractivity contribution in [2.24, 2.45) is 5.73 Å². The van der Waals surface area contributed by atoms with Crippen molar-refractivity contribution in [3.05, 3.63) is 18.7 Å². The summed E-state index contributed by atoms with van der Waals surface area (Å²) in [6.45, 7) is 0. The zero-order valence-electron chi connectivity index (χ0n) is 10.2. The van der Waals surface area contributed by atoms with E-state index in [1.54, 1.807) is 12.5 Å². The second kappa shape index (κ2) is 5.69. The van der Waals surface area contributed by atoms with Crippen LogP contribution >= 0.6 is 0 Å². The third-order valence-electron chi connectivity index (χ3n) is 3.39. The van der Waals surface area contributed by atoms with Crippen LogP contribution in [0.25, 0.3) is 0 Å². The summed E-state index contributed by atoms with van der Waals surface area (Å²) in [7, 11) is 0. The molecule has 5 nitrogen and oxygen atoms in total. The third kappa shape index (κ3) is 2.71. The summed E-state index contributed by atoms with van der Waals surface area (Å²) >= 11 is 0. The fourth-order valence-corrected chi connectivity index (χ4v) is 2.44. The highest BCUT2D eigenvalue weighted by Crippen LogP contribution is 2.29. The van der Waals surface area contributed by atoms with Gasteiger partial charge in [-0.1, -0.05) is 0 Å². The molecule has 1 aromatic heterocycles. The number of imidazole rings is 1. The Balaban J connectivity index is 1.96. The molecule has 0 aliphatic heterocycles. The van der Waals surface area contributed by atoms with E-state index in [-0.39, 0.29) is 24.4 Å². The lowest BCUT2D eigenvalue weighted by Crippen LogP contribution is -2.46. The average Bonchev–Trinajstić information content (AvgIpc) is 2.98. The van der Waals surface area contributed by atoms with E-state index in [1.165, 1.54) is 0 Å². The van der Waals surface area contributed by atoms with Crippen molar-refractivity contribution >= 4 is 5.91 Å². The van der Waals surface area contributed by atoms with Gasteiger partial charge >= 0.3 is 0 Å². The first-order valence-corrected chi connectivity index (χ1v) is 6.19. The Morgan fingerprint density at radius 3 is 3.17 bits per heavy atom. The molecule has 1 saturated carbocycles. The van der Waals surface area contributed by atoms with Crippen molar-refractivity contribution in [1.82, 2.24) is 14.9 Å². The Hall–Kier alpha value is -1.80. The Morgan fingerprint density at radius 2 is 2.50 bits per heavy atom. The molecule has 3 atom stereocenters. The maximum absolute atomic E-state index is 11.8. The molecule has 1 amide bonds. The van der Waals surface area contributed by atoms with Crippen molar-refractivity contribution in [3.63, 3.8) is 0 Å². The maximum atomic E-state index is 11.8. The van der Waals surface area contributed by atoms with E-state index in [0.717, 1.165) is 19.3 Å². The predicted octanol–water partition coefficient (Wildman–Crippen LogP) is 0.443. The number of nitrogens with one attached hydrogen (secondary N) is 1. The minimum Gasteiger partial charge on any atom is -0.350 e. The molecule has 3 unspecified atom stereocenters. The molecule has 1 aromatic rings. The third-order valence-corrected chi connectivity index (χ3v) is 3.39. The van der Waals surface area contributed by atoms with Gasteiger partial charge < -0.3 is 15.6 Å². The molecule has 96 valence electrons. The number of rotatable bonds is 4. The van der Waals surface area contributed by atoms with Gasteiger partial charge in [-0.3, -0.25) is 4.79 Å². The molecule has 0 bridgehead atoms. The SMILES string of the molecule is C#CCC(N)C(=O)NC1CCCC1n1ccnc1. The number of aromatic nitrogens is 2. The number of carbonyl (C=O) groups is 1. The molecule has 5 heteroatoms. The quantitative estimate of drug-likeness (QED) is 0.757. The molecule has 3 N–H and O–H groups in total. The number of carbonyl (C=O) groups excluding carboxylic acids is 1. The minimum atomic E-state index is -0.612. The first kappa shape index (κ1) is 12.7. The highest BCUT2D eigenvalue weighted by molar-refractivity contribution is 5.82. The lowest BCUT2D eigenvalue weighted by Gasteiger charge is -2.23. The Bertz CT molecular complexity index is 434. The van der Waals surface area contributed by atoms with Gasteiger partial charge in [-0.2, -0.15) is 0 Å². The lowest BCUT2D eigenvalue weighted by atomic mass is 10.1. The number of nitrogens with zero attached hydrogens (tertiary/aromatic N) is 2. The summed E-state index contributed by atoms with van der Waals surface area (Å²) in [4.78, 5) is 15.9.